The number of aromatic hydroxyl groups is 14. The number of aliphatic hydroxyl groups is 4. The number of ether oxygens (including phenoxy) is 4. The van der Waals surface area contributed by atoms with Crippen LogP contribution < -0.4 is 29.8 Å². The lowest BCUT2D eigenvalue weighted by Crippen LogP contribution is -2.31. The van der Waals surface area contributed by atoms with Crippen molar-refractivity contribution in [3.05, 3.63) is 150 Å². The first-order valence-corrected chi connectivity index (χ1v) is 24.9. The van der Waals surface area contributed by atoms with Crippen molar-refractivity contribution >= 4 is 21.5 Å². The topological polar surface area (TPSA) is 435 Å². The number of rotatable bonds is 4. The Morgan fingerprint density at radius 2 is 0.573 bits per heavy atom. The quantitative estimate of drug-likeness (QED) is 0.108. The van der Waals surface area contributed by atoms with Gasteiger partial charge in [0.25, 0.3) is 0 Å². The molecule has 0 unspecified atom stereocenters. The molecule has 24 heteroatoms. The molecule has 0 saturated carbocycles. The van der Waals surface area contributed by atoms with Crippen molar-refractivity contribution in [2.24, 2.45) is 0 Å². The summed E-state index contributed by atoms with van der Waals surface area (Å²) < 4.78 is 23.6. The molecule has 8 aromatic carbocycles. The Hall–Kier alpha value is -10.1. The standard InChI is InChI=1S/2C29H24O12/c2*30-11-3-17(32)15-8-21(36)28(40-23(15)5-11)10-1-13-14(7-20(35)27(39)25(13)26(38)19(34)2-10)29-22(37)9-16-18(33)4-12(31)6-24(16)41-29/h2*1-7,21-22,28-33,35-37,39H,8-9H2,(H,34,38)/t2*21-,22-,28-,29-/m11/s1. The highest BCUT2D eigenvalue weighted by atomic mass is 16.5. The number of fused-ring (bicyclic) bond motifs is 6. The predicted octanol–water partition coefficient (Wildman–Crippen LogP) is 4.43. The van der Waals surface area contributed by atoms with Crippen LogP contribution in [0.3, 0.4) is 0 Å². The van der Waals surface area contributed by atoms with E-state index in [1.54, 1.807) is 0 Å². The summed E-state index contributed by atoms with van der Waals surface area (Å²) in [5.41, 5.74) is -1.16. The van der Waals surface area contributed by atoms with Gasteiger partial charge in [0.1, 0.15) is 81.2 Å². The molecule has 0 fully saturated rings. The van der Waals surface area contributed by atoms with Crippen LogP contribution in [0.15, 0.2) is 94.5 Å². The fraction of sp³-hybridized carbons (Fsp3) is 0.207. The Morgan fingerprint density at radius 1 is 0.305 bits per heavy atom. The summed E-state index contributed by atoms with van der Waals surface area (Å²) in [6, 6.07) is 16.1. The Bertz CT molecular complexity index is 3860. The van der Waals surface area contributed by atoms with Crippen LogP contribution in [-0.2, 0) is 25.7 Å². The highest BCUT2D eigenvalue weighted by molar-refractivity contribution is 5.95. The first kappa shape index (κ1) is 53.8. The lowest BCUT2D eigenvalue weighted by atomic mass is 9.90. The number of hydrogen-bond acceptors (Lipinski definition) is 24. The SMILES string of the molecule is O=c1c(O)cc([C@H]2Oc3cc(O)cc(O)c3C[C@H]2O)cc2c([C@H]3Oc4cc(O)cc(O)c4C[C@H]3O)cc(O)c(O)c12.O=c1c(O)cc([C@H]2Oc3cc(O)cc(O)c3C[C@H]2O)cc2c([C@H]3Oc4cc(O)cc(O)c4C[C@H]3O)cc(O)c(O)c12. The molecule has 8 atom stereocenters. The van der Waals surface area contributed by atoms with Crippen molar-refractivity contribution in [1.29, 1.82) is 0 Å². The summed E-state index contributed by atoms with van der Waals surface area (Å²) in [6.07, 6.45) is -10.8. The minimum Gasteiger partial charge on any atom is -0.508 e. The van der Waals surface area contributed by atoms with E-state index in [2.05, 4.69) is 0 Å². The zero-order valence-electron chi connectivity index (χ0n) is 42.0. The highest BCUT2D eigenvalue weighted by Crippen LogP contribution is 2.50. The predicted molar refractivity (Wildman–Crippen MR) is 282 cm³/mol. The molecule has 424 valence electrons. The van der Waals surface area contributed by atoms with E-state index >= 15 is 0 Å². The lowest BCUT2D eigenvalue weighted by Gasteiger charge is -2.32. The van der Waals surface area contributed by atoms with Gasteiger partial charge in [-0.05, 0) is 58.3 Å². The summed E-state index contributed by atoms with van der Waals surface area (Å²) in [5, 5.41) is 187. The molecule has 18 N–H and O–H groups in total. The fourth-order valence-corrected chi connectivity index (χ4v) is 11.0. The molecule has 0 aromatic heterocycles. The van der Waals surface area contributed by atoms with Gasteiger partial charge < -0.3 is 111 Å². The van der Waals surface area contributed by atoms with Crippen LogP contribution in [0, 0.1) is 0 Å². The number of hydrogen-bond donors (Lipinski definition) is 18. The van der Waals surface area contributed by atoms with Gasteiger partial charge in [-0.2, -0.15) is 0 Å². The zero-order valence-corrected chi connectivity index (χ0v) is 42.0. The normalized spacial score (nSPS) is 21.4. The molecular formula is C58H48O24. The summed E-state index contributed by atoms with van der Waals surface area (Å²) in [7, 11) is 0. The van der Waals surface area contributed by atoms with Crippen LogP contribution in [0.4, 0.5) is 0 Å². The summed E-state index contributed by atoms with van der Waals surface area (Å²) >= 11 is 0. The third kappa shape index (κ3) is 9.19. The van der Waals surface area contributed by atoms with E-state index in [0.29, 0.717) is 0 Å². The van der Waals surface area contributed by atoms with Crippen LogP contribution in [0.5, 0.6) is 103 Å². The zero-order chi connectivity index (χ0) is 58.7. The van der Waals surface area contributed by atoms with Crippen molar-refractivity contribution in [2.45, 2.75) is 74.5 Å². The van der Waals surface area contributed by atoms with E-state index in [9.17, 15) is 102 Å². The molecule has 0 saturated heterocycles. The molecule has 0 bridgehead atoms. The first-order valence-electron chi connectivity index (χ1n) is 24.9. The molecule has 0 aliphatic carbocycles. The van der Waals surface area contributed by atoms with Crippen LogP contribution in [0.2, 0.25) is 0 Å². The summed E-state index contributed by atoms with van der Waals surface area (Å²) in [6.45, 7) is 0. The molecular weight excluding hydrogens is 1080 g/mol. The van der Waals surface area contributed by atoms with Crippen molar-refractivity contribution in [2.75, 3.05) is 0 Å². The van der Waals surface area contributed by atoms with Crippen LogP contribution in [-0.4, -0.2) is 116 Å². The molecule has 82 heavy (non-hydrogen) atoms. The van der Waals surface area contributed by atoms with Crippen LogP contribution in [0.25, 0.3) is 21.5 Å². The third-order valence-corrected chi connectivity index (χ3v) is 14.9. The van der Waals surface area contributed by atoms with Gasteiger partial charge >= 0.3 is 0 Å². The molecule has 0 radical (unpaired) electrons. The average Bonchev–Trinajstić information content (AvgIpc) is 2.09. The van der Waals surface area contributed by atoms with Crippen LogP contribution >= 0.6 is 0 Å². The van der Waals surface area contributed by atoms with E-state index in [-0.39, 0.29) is 150 Å². The molecule has 8 aromatic rings. The molecule has 24 nitrogen and oxygen atoms in total. The summed E-state index contributed by atoms with van der Waals surface area (Å²) in [4.78, 5) is 26.5. The molecule has 4 aliphatic heterocycles. The van der Waals surface area contributed by atoms with Crippen molar-refractivity contribution < 1.29 is 111 Å². The maximum absolute atomic E-state index is 13.2. The molecule has 0 spiro atoms. The van der Waals surface area contributed by atoms with E-state index < -0.39 is 105 Å². The van der Waals surface area contributed by atoms with Gasteiger partial charge in [-0.15, -0.1) is 0 Å². The third-order valence-electron chi connectivity index (χ3n) is 14.9. The Balaban J connectivity index is 0.000000172. The van der Waals surface area contributed by atoms with Gasteiger partial charge in [0.2, 0.25) is 10.9 Å². The number of phenolic OH excluding ortho intramolecular Hbond substituents is 12. The molecule has 4 aliphatic rings. The summed E-state index contributed by atoms with van der Waals surface area (Å²) in [5.74, 6) is -7.14. The van der Waals surface area contributed by atoms with Gasteiger partial charge in [0, 0.05) is 108 Å². The Labute approximate surface area is 459 Å². The first-order chi connectivity index (χ1) is 38.8. The van der Waals surface area contributed by atoms with Gasteiger partial charge in [-0.25, -0.2) is 0 Å². The highest BCUT2D eigenvalue weighted by Gasteiger charge is 2.39. The minimum atomic E-state index is -1.34. The maximum atomic E-state index is 13.2. The van der Waals surface area contributed by atoms with E-state index in [1.165, 1.54) is 36.4 Å². The van der Waals surface area contributed by atoms with E-state index in [1.807, 2.05) is 0 Å². The second-order valence-electron chi connectivity index (χ2n) is 20.3. The monoisotopic (exact) mass is 1130 g/mol. The number of aliphatic hydroxyl groups excluding tert-OH is 4. The van der Waals surface area contributed by atoms with E-state index in [0.717, 1.165) is 48.5 Å². The van der Waals surface area contributed by atoms with Crippen molar-refractivity contribution in [1.82, 2.24) is 0 Å². The number of benzene rings is 6. The second kappa shape index (κ2) is 19.9. The van der Waals surface area contributed by atoms with E-state index in [4.69, 9.17) is 18.9 Å². The minimum absolute atomic E-state index is 0.00576. The van der Waals surface area contributed by atoms with Gasteiger partial charge in [0.05, 0.1) is 35.2 Å². The average molecular weight is 1130 g/mol. The van der Waals surface area contributed by atoms with Gasteiger partial charge in [-0.3, -0.25) is 9.59 Å². The molecule has 4 heterocycles. The largest absolute Gasteiger partial charge is 0.508 e. The van der Waals surface area contributed by atoms with Crippen molar-refractivity contribution in [3.63, 3.8) is 0 Å². The molecule has 12 rings (SSSR count). The smallest absolute Gasteiger partial charge is 0.231 e. The second-order valence-corrected chi connectivity index (χ2v) is 20.3. The Kier molecular flexibility index (Phi) is 13.1. The Morgan fingerprint density at radius 3 is 0.866 bits per heavy atom. The fourth-order valence-electron chi connectivity index (χ4n) is 11.0. The maximum Gasteiger partial charge on any atom is 0.231 e. The molecule has 0 amide bonds. The van der Waals surface area contributed by atoms with Crippen molar-refractivity contribution in [3.8, 4) is 103 Å². The number of phenols is 12. The van der Waals surface area contributed by atoms with Crippen LogP contribution in [0.1, 0.15) is 68.9 Å². The van der Waals surface area contributed by atoms with Gasteiger partial charge in [0.15, 0.2) is 46.7 Å². The lowest BCUT2D eigenvalue weighted by molar-refractivity contribution is 0.0193. The van der Waals surface area contributed by atoms with Gasteiger partial charge in [-0.1, -0.05) is 0 Å².